The lowest BCUT2D eigenvalue weighted by Crippen LogP contribution is -2.13. The van der Waals surface area contributed by atoms with Crippen LogP contribution in [0.5, 0.6) is 0 Å². The van der Waals surface area contributed by atoms with E-state index in [9.17, 15) is 4.79 Å². The Morgan fingerprint density at radius 3 is 2.94 bits per heavy atom. The van der Waals surface area contributed by atoms with Gasteiger partial charge >= 0.3 is 0 Å². The van der Waals surface area contributed by atoms with E-state index in [0.717, 1.165) is 36.9 Å². The third-order valence-electron chi connectivity index (χ3n) is 2.79. The number of anilines is 1. The molecule has 5 heteroatoms. The van der Waals surface area contributed by atoms with E-state index in [1.165, 1.54) is 0 Å². The molecule has 0 atom stereocenters. The van der Waals surface area contributed by atoms with Gasteiger partial charge in [-0.1, -0.05) is 0 Å². The number of aromatic amines is 1. The van der Waals surface area contributed by atoms with Crippen LogP contribution in [0.15, 0.2) is 0 Å². The molecule has 0 saturated carbocycles. The average molecular weight is 238 g/mol. The first-order valence-corrected chi connectivity index (χ1v) is 5.79. The van der Waals surface area contributed by atoms with Gasteiger partial charge in [0.2, 0.25) is 5.91 Å². The maximum Gasteiger partial charge on any atom is 0.240 e. The van der Waals surface area contributed by atoms with Crippen LogP contribution in [0.25, 0.3) is 0 Å². The first-order valence-electron chi connectivity index (χ1n) is 5.26. The Balaban J connectivity index is 2.35. The van der Waals surface area contributed by atoms with Crippen LogP contribution in [0.4, 0.5) is 5.82 Å². The van der Waals surface area contributed by atoms with Crippen LogP contribution in [-0.2, 0) is 17.6 Å². The highest BCUT2D eigenvalue weighted by atomic mass is 35.5. The summed E-state index contributed by atoms with van der Waals surface area (Å²) >= 11 is 5.42. The van der Waals surface area contributed by atoms with E-state index in [-0.39, 0.29) is 11.8 Å². The van der Waals surface area contributed by atoms with E-state index in [2.05, 4.69) is 16.4 Å². The van der Waals surface area contributed by atoms with Gasteiger partial charge in [0.25, 0.3) is 0 Å². The van der Waals surface area contributed by atoms with Gasteiger partial charge in [0.1, 0.15) is 17.8 Å². The van der Waals surface area contributed by atoms with Gasteiger partial charge in [-0.05, 0) is 31.2 Å². The molecule has 0 spiro atoms. The third kappa shape index (κ3) is 1.91. The van der Waals surface area contributed by atoms with Gasteiger partial charge in [-0.25, -0.2) is 0 Å². The van der Waals surface area contributed by atoms with Crippen LogP contribution in [0.2, 0.25) is 0 Å². The second-order valence-corrected chi connectivity index (χ2v) is 4.10. The molecule has 0 saturated heterocycles. The number of alkyl halides is 1. The SMILES string of the molecule is N#Cc1c(NC(=O)CCl)[nH]c2c1CCCC2. The number of aromatic nitrogens is 1. The van der Waals surface area contributed by atoms with Crippen molar-refractivity contribution in [2.24, 2.45) is 0 Å². The summed E-state index contributed by atoms with van der Waals surface area (Å²) in [6, 6.07) is 2.14. The molecule has 1 heterocycles. The number of nitriles is 1. The van der Waals surface area contributed by atoms with Crippen molar-refractivity contribution >= 4 is 23.3 Å². The quantitative estimate of drug-likeness (QED) is 0.772. The minimum atomic E-state index is -0.295. The van der Waals surface area contributed by atoms with Gasteiger partial charge in [-0.3, -0.25) is 4.79 Å². The molecule has 1 aromatic rings. The topological polar surface area (TPSA) is 68.7 Å². The first-order chi connectivity index (χ1) is 7.76. The zero-order valence-corrected chi connectivity index (χ0v) is 9.52. The number of fused-ring (bicyclic) bond motifs is 1. The summed E-state index contributed by atoms with van der Waals surface area (Å²) < 4.78 is 0. The molecule has 1 amide bonds. The Morgan fingerprint density at radius 1 is 1.50 bits per heavy atom. The molecule has 1 aromatic heterocycles. The van der Waals surface area contributed by atoms with Gasteiger partial charge in [0.15, 0.2) is 0 Å². The van der Waals surface area contributed by atoms with Gasteiger partial charge in [-0.2, -0.15) is 5.26 Å². The average Bonchev–Trinajstić information content (AvgIpc) is 2.65. The molecule has 0 unspecified atom stereocenters. The highest BCUT2D eigenvalue weighted by Gasteiger charge is 2.20. The molecule has 2 rings (SSSR count). The number of nitrogens with one attached hydrogen (secondary N) is 2. The predicted octanol–water partition coefficient (Wildman–Crippen LogP) is 1.94. The van der Waals surface area contributed by atoms with E-state index in [0.29, 0.717) is 11.4 Å². The van der Waals surface area contributed by atoms with E-state index in [4.69, 9.17) is 16.9 Å². The van der Waals surface area contributed by atoms with Crippen molar-refractivity contribution in [1.29, 1.82) is 5.26 Å². The molecule has 0 radical (unpaired) electrons. The zero-order chi connectivity index (χ0) is 11.5. The maximum atomic E-state index is 11.2. The largest absolute Gasteiger partial charge is 0.344 e. The number of rotatable bonds is 2. The minimum Gasteiger partial charge on any atom is -0.344 e. The van der Waals surface area contributed by atoms with Crippen molar-refractivity contribution in [2.45, 2.75) is 25.7 Å². The number of aryl methyl sites for hydroxylation is 1. The summed E-state index contributed by atoms with van der Waals surface area (Å²) in [4.78, 5) is 14.3. The van der Waals surface area contributed by atoms with Crippen molar-refractivity contribution in [3.8, 4) is 6.07 Å². The summed E-state index contributed by atoms with van der Waals surface area (Å²) in [5, 5.41) is 11.7. The lowest BCUT2D eigenvalue weighted by molar-refractivity contribution is -0.113. The summed E-state index contributed by atoms with van der Waals surface area (Å²) in [6.07, 6.45) is 4.08. The van der Waals surface area contributed by atoms with Crippen LogP contribution >= 0.6 is 11.6 Å². The third-order valence-corrected chi connectivity index (χ3v) is 3.04. The molecule has 0 aromatic carbocycles. The monoisotopic (exact) mass is 237 g/mol. The number of halogens is 1. The van der Waals surface area contributed by atoms with Crippen LogP contribution in [0.3, 0.4) is 0 Å². The van der Waals surface area contributed by atoms with Crippen LogP contribution in [0, 0.1) is 11.3 Å². The smallest absolute Gasteiger partial charge is 0.240 e. The fraction of sp³-hybridized carbons (Fsp3) is 0.455. The van der Waals surface area contributed by atoms with Gasteiger partial charge in [0.05, 0.1) is 5.56 Å². The second kappa shape index (κ2) is 4.58. The number of hydrogen-bond donors (Lipinski definition) is 2. The molecule has 1 aliphatic carbocycles. The number of amides is 1. The Morgan fingerprint density at radius 2 is 2.25 bits per heavy atom. The van der Waals surface area contributed by atoms with Crippen molar-refractivity contribution in [3.05, 3.63) is 16.8 Å². The molecule has 16 heavy (non-hydrogen) atoms. The van der Waals surface area contributed by atoms with Gasteiger partial charge in [0, 0.05) is 5.69 Å². The lowest BCUT2D eigenvalue weighted by Gasteiger charge is -2.09. The number of nitrogens with zero attached hydrogens (tertiary/aromatic N) is 1. The van der Waals surface area contributed by atoms with E-state index < -0.39 is 0 Å². The van der Waals surface area contributed by atoms with Gasteiger partial charge < -0.3 is 10.3 Å². The fourth-order valence-corrected chi connectivity index (χ4v) is 2.14. The van der Waals surface area contributed by atoms with Crippen LogP contribution in [-0.4, -0.2) is 16.8 Å². The van der Waals surface area contributed by atoms with Crippen molar-refractivity contribution in [2.75, 3.05) is 11.2 Å². The summed E-state index contributed by atoms with van der Waals surface area (Å²) in [5.41, 5.74) is 2.69. The fourth-order valence-electron chi connectivity index (χ4n) is 2.07. The van der Waals surface area contributed by atoms with Crippen LogP contribution < -0.4 is 5.32 Å². The van der Waals surface area contributed by atoms with E-state index >= 15 is 0 Å². The molecule has 1 aliphatic rings. The molecule has 4 nitrogen and oxygen atoms in total. The van der Waals surface area contributed by atoms with Crippen molar-refractivity contribution in [1.82, 2.24) is 4.98 Å². The molecule has 0 aliphatic heterocycles. The van der Waals surface area contributed by atoms with E-state index in [1.54, 1.807) is 0 Å². The molecule has 84 valence electrons. The lowest BCUT2D eigenvalue weighted by atomic mass is 9.95. The number of carbonyl (C=O) groups excluding carboxylic acids is 1. The van der Waals surface area contributed by atoms with Crippen LogP contribution in [0.1, 0.15) is 29.7 Å². The zero-order valence-electron chi connectivity index (χ0n) is 8.77. The highest BCUT2D eigenvalue weighted by molar-refractivity contribution is 6.29. The van der Waals surface area contributed by atoms with E-state index in [1.807, 2.05) is 0 Å². The Hall–Kier alpha value is -1.47. The summed E-state index contributed by atoms with van der Waals surface area (Å²) in [5.74, 6) is 0.103. The molecule has 2 N–H and O–H groups in total. The number of carbonyl (C=O) groups is 1. The first kappa shape index (κ1) is 11.0. The van der Waals surface area contributed by atoms with Crippen molar-refractivity contribution in [3.63, 3.8) is 0 Å². The predicted molar refractivity (Wildman–Crippen MR) is 61.5 cm³/mol. The Kier molecular flexibility index (Phi) is 3.16. The number of hydrogen-bond acceptors (Lipinski definition) is 2. The Labute approximate surface area is 98.6 Å². The minimum absolute atomic E-state index is 0.103. The maximum absolute atomic E-state index is 11.2. The molecular weight excluding hydrogens is 226 g/mol. The Bertz CT molecular complexity index is 459. The second-order valence-electron chi connectivity index (χ2n) is 3.83. The molecule has 0 fully saturated rings. The summed E-state index contributed by atoms with van der Waals surface area (Å²) in [6.45, 7) is 0. The van der Waals surface area contributed by atoms with Crippen molar-refractivity contribution < 1.29 is 4.79 Å². The summed E-state index contributed by atoms with van der Waals surface area (Å²) in [7, 11) is 0. The molecular formula is C11H12ClN3O. The van der Waals surface area contributed by atoms with Gasteiger partial charge in [-0.15, -0.1) is 11.6 Å². The standard InChI is InChI=1S/C11H12ClN3O/c12-5-10(16)15-11-8(6-13)7-3-1-2-4-9(7)14-11/h14H,1-5H2,(H,15,16). The normalized spacial score (nSPS) is 14.0. The number of H-pyrrole nitrogens is 1. The highest BCUT2D eigenvalue weighted by Crippen LogP contribution is 2.29. The molecule has 0 bridgehead atoms.